The van der Waals surface area contributed by atoms with Crippen LogP contribution in [-0.2, 0) is 9.53 Å². The Bertz CT molecular complexity index is 561. The molecule has 0 heterocycles. The summed E-state index contributed by atoms with van der Waals surface area (Å²) in [6, 6.07) is 2.76. The predicted octanol–water partition coefficient (Wildman–Crippen LogP) is 2.22. The zero-order chi connectivity index (χ0) is 16.0. The van der Waals surface area contributed by atoms with E-state index in [0.29, 0.717) is 4.47 Å². The lowest BCUT2D eigenvalue weighted by molar-refractivity contribution is -0.144. The number of rotatable bonds is 5. The van der Waals surface area contributed by atoms with E-state index in [1.54, 1.807) is 6.92 Å². The lowest BCUT2D eigenvalue weighted by Crippen LogP contribution is -2.41. The maximum Gasteiger partial charge on any atom is 0.335 e. The molecule has 0 radical (unpaired) electrons. The molecule has 0 spiro atoms. The number of carboxylic acids is 1. The quantitative estimate of drug-likeness (QED) is 0.700. The molecule has 0 aliphatic heterocycles. The van der Waals surface area contributed by atoms with Crippen LogP contribution < -0.4 is 10.6 Å². The lowest BCUT2D eigenvalue weighted by atomic mass is 10.2. The van der Waals surface area contributed by atoms with Crippen LogP contribution >= 0.6 is 15.9 Å². The van der Waals surface area contributed by atoms with Gasteiger partial charge in [0.05, 0.1) is 17.9 Å². The second-order valence-corrected chi connectivity index (χ2v) is 4.93. The van der Waals surface area contributed by atoms with E-state index in [4.69, 9.17) is 9.84 Å². The molecule has 2 amide bonds. The van der Waals surface area contributed by atoms with Gasteiger partial charge in [0.25, 0.3) is 0 Å². The van der Waals surface area contributed by atoms with Crippen molar-refractivity contribution in [2.24, 2.45) is 0 Å². The van der Waals surface area contributed by atoms with Crippen LogP contribution in [0.25, 0.3) is 0 Å². The number of esters is 1. The lowest BCUT2D eigenvalue weighted by Gasteiger charge is -2.14. The van der Waals surface area contributed by atoms with Crippen LogP contribution in [0.2, 0.25) is 0 Å². The number of nitrogens with one attached hydrogen (secondary N) is 2. The van der Waals surface area contributed by atoms with E-state index >= 15 is 0 Å². The standard InChI is InChI=1S/C13H15BrN2O5/c1-3-21-12(19)7(2)15-13(20)16-10-6-8(11(17)18)4-5-9(10)14/h4-7H,3H2,1-2H3,(H,17,18)(H2,15,16,20). The van der Waals surface area contributed by atoms with Crippen LogP contribution in [0.4, 0.5) is 10.5 Å². The van der Waals surface area contributed by atoms with Gasteiger partial charge in [0.1, 0.15) is 6.04 Å². The van der Waals surface area contributed by atoms with E-state index in [9.17, 15) is 14.4 Å². The first kappa shape index (κ1) is 17.0. The Morgan fingerprint density at radius 1 is 1.38 bits per heavy atom. The van der Waals surface area contributed by atoms with Gasteiger partial charge < -0.3 is 20.5 Å². The number of halogens is 1. The van der Waals surface area contributed by atoms with Crippen LogP contribution in [-0.4, -0.2) is 35.7 Å². The number of anilines is 1. The summed E-state index contributed by atoms with van der Waals surface area (Å²) in [6.07, 6.45) is 0. The average molecular weight is 359 g/mol. The van der Waals surface area contributed by atoms with Gasteiger partial charge in [0, 0.05) is 4.47 Å². The molecule has 21 heavy (non-hydrogen) atoms. The molecule has 1 unspecified atom stereocenters. The number of urea groups is 1. The monoisotopic (exact) mass is 358 g/mol. The molecule has 1 aromatic rings. The number of hydrogen-bond acceptors (Lipinski definition) is 4. The third-order valence-electron chi connectivity index (χ3n) is 2.45. The minimum atomic E-state index is -1.11. The third-order valence-corrected chi connectivity index (χ3v) is 3.14. The summed E-state index contributed by atoms with van der Waals surface area (Å²) in [6.45, 7) is 3.37. The molecular formula is C13H15BrN2O5. The smallest absolute Gasteiger partial charge is 0.335 e. The van der Waals surface area contributed by atoms with Gasteiger partial charge in [-0.15, -0.1) is 0 Å². The van der Waals surface area contributed by atoms with E-state index in [1.165, 1.54) is 25.1 Å². The predicted molar refractivity (Wildman–Crippen MR) is 79.4 cm³/mol. The minimum absolute atomic E-state index is 0.0342. The van der Waals surface area contributed by atoms with Crippen LogP contribution in [0.5, 0.6) is 0 Å². The fourth-order valence-corrected chi connectivity index (χ4v) is 1.78. The SMILES string of the molecule is CCOC(=O)C(C)NC(=O)Nc1cc(C(=O)O)ccc1Br. The van der Waals surface area contributed by atoms with Gasteiger partial charge in [0.15, 0.2) is 0 Å². The van der Waals surface area contributed by atoms with E-state index in [2.05, 4.69) is 26.6 Å². The Morgan fingerprint density at radius 3 is 2.62 bits per heavy atom. The number of aromatic carboxylic acids is 1. The van der Waals surface area contributed by atoms with Crippen LogP contribution in [0.3, 0.4) is 0 Å². The Balaban J connectivity index is 2.72. The van der Waals surface area contributed by atoms with Crippen LogP contribution in [0.15, 0.2) is 22.7 Å². The normalized spacial score (nSPS) is 11.4. The van der Waals surface area contributed by atoms with Crippen molar-refractivity contribution in [3.63, 3.8) is 0 Å². The molecule has 0 aliphatic rings. The second-order valence-electron chi connectivity index (χ2n) is 4.07. The maximum absolute atomic E-state index is 11.8. The van der Waals surface area contributed by atoms with Crippen molar-refractivity contribution in [3.8, 4) is 0 Å². The Hall–Kier alpha value is -2.09. The molecular weight excluding hydrogens is 344 g/mol. The highest BCUT2D eigenvalue weighted by molar-refractivity contribution is 9.10. The van der Waals surface area contributed by atoms with Crippen molar-refractivity contribution in [2.45, 2.75) is 19.9 Å². The first-order valence-electron chi connectivity index (χ1n) is 6.12. The van der Waals surface area contributed by atoms with E-state index in [1.807, 2.05) is 0 Å². The van der Waals surface area contributed by atoms with Gasteiger partial charge in [-0.2, -0.15) is 0 Å². The number of carboxylic acid groups (broad SMARTS) is 1. The highest BCUT2D eigenvalue weighted by Gasteiger charge is 2.17. The summed E-state index contributed by atoms with van der Waals surface area (Å²) in [4.78, 5) is 34.0. The highest BCUT2D eigenvalue weighted by Crippen LogP contribution is 2.23. The number of benzene rings is 1. The van der Waals surface area contributed by atoms with Crippen molar-refractivity contribution in [2.75, 3.05) is 11.9 Å². The van der Waals surface area contributed by atoms with Gasteiger partial charge in [-0.1, -0.05) is 0 Å². The first-order chi connectivity index (χ1) is 9.85. The summed E-state index contributed by atoms with van der Waals surface area (Å²) < 4.78 is 5.28. The molecule has 8 heteroatoms. The summed E-state index contributed by atoms with van der Waals surface area (Å²) in [7, 11) is 0. The van der Waals surface area contributed by atoms with Crippen LogP contribution in [0.1, 0.15) is 24.2 Å². The molecule has 114 valence electrons. The van der Waals surface area contributed by atoms with Gasteiger partial charge in [0.2, 0.25) is 0 Å². The van der Waals surface area contributed by atoms with Crippen molar-refractivity contribution in [3.05, 3.63) is 28.2 Å². The largest absolute Gasteiger partial charge is 0.478 e. The first-order valence-corrected chi connectivity index (χ1v) is 6.91. The fraction of sp³-hybridized carbons (Fsp3) is 0.308. The Kier molecular flexibility index (Phi) is 6.16. The molecule has 1 aromatic carbocycles. The van der Waals surface area contributed by atoms with Crippen molar-refractivity contribution in [1.82, 2.24) is 5.32 Å². The van der Waals surface area contributed by atoms with Crippen molar-refractivity contribution < 1.29 is 24.2 Å². The minimum Gasteiger partial charge on any atom is -0.478 e. The molecule has 0 fully saturated rings. The topological polar surface area (TPSA) is 105 Å². The fourth-order valence-electron chi connectivity index (χ4n) is 1.44. The molecule has 0 bridgehead atoms. The maximum atomic E-state index is 11.8. The van der Waals surface area contributed by atoms with Crippen LogP contribution in [0, 0.1) is 0 Å². The average Bonchev–Trinajstić information content (AvgIpc) is 2.41. The number of hydrogen-bond donors (Lipinski definition) is 3. The Labute approximate surface area is 129 Å². The molecule has 0 saturated heterocycles. The Morgan fingerprint density at radius 2 is 2.05 bits per heavy atom. The highest BCUT2D eigenvalue weighted by atomic mass is 79.9. The second kappa shape index (κ2) is 7.63. The molecule has 1 rings (SSSR count). The number of carbonyl (C=O) groups is 3. The summed E-state index contributed by atoms with van der Waals surface area (Å²) >= 11 is 3.20. The zero-order valence-electron chi connectivity index (χ0n) is 11.5. The molecule has 0 saturated carbocycles. The number of ether oxygens (including phenoxy) is 1. The van der Waals surface area contributed by atoms with E-state index < -0.39 is 24.0 Å². The van der Waals surface area contributed by atoms with Gasteiger partial charge in [-0.05, 0) is 48.0 Å². The number of carbonyl (C=O) groups excluding carboxylic acids is 2. The summed E-state index contributed by atoms with van der Waals surface area (Å²) in [5, 5.41) is 13.8. The number of amides is 2. The van der Waals surface area contributed by atoms with Crippen molar-refractivity contribution >= 4 is 39.6 Å². The van der Waals surface area contributed by atoms with Crippen molar-refractivity contribution in [1.29, 1.82) is 0 Å². The summed E-state index contributed by atoms with van der Waals surface area (Å²) in [5.41, 5.74) is 0.315. The molecule has 3 N–H and O–H groups in total. The van der Waals surface area contributed by atoms with Gasteiger partial charge in [-0.25, -0.2) is 14.4 Å². The summed E-state index contributed by atoms with van der Waals surface area (Å²) in [5.74, 6) is -1.66. The van der Waals surface area contributed by atoms with E-state index in [-0.39, 0.29) is 17.9 Å². The molecule has 0 aromatic heterocycles. The molecule has 0 aliphatic carbocycles. The third kappa shape index (κ3) is 5.07. The van der Waals surface area contributed by atoms with Gasteiger partial charge >= 0.3 is 18.0 Å². The molecule has 1 atom stereocenters. The molecule has 7 nitrogen and oxygen atoms in total. The van der Waals surface area contributed by atoms with Gasteiger partial charge in [-0.3, -0.25) is 0 Å². The zero-order valence-corrected chi connectivity index (χ0v) is 13.1. The van der Waals surface area contributed by atoms with E-state index in [0.717, 1.165) is 0 Å².